The van der Waals surface area contributed by atoms with Crippen LogP contribution >= 0.6 is 22.9 Å². The van der Waals surface area contributed by atoms with E-state index < -0.39 is 5.54 Å². The van der Waals surface area contributed by atoms with Crippen molar-refractivity contribution in [3.8, 4) is 5.75 Å². The molecule has 0 radical (unpaired) electrons. The molecule has 0 aliphatic carbocycles. The number of nitrogens with zero attached hydrogens (tertiary/aromatic N) is 2. The molecule has 0 spiro atoms. The molecule has 6 nitrogen and oxygen atoms in total. The maximum atomic E-state index is 13.6. The number of amides is 2. The molecule has 8 heteroatoms. The highest BCUT2D eigenvalue weighted by atomic mass is 35.5. The van der Waals surface area contributed by atoms with Crippen LogP contribution in [0, 0.1) is 6.92 Å². The summed E-state index contributed by atoms with van der Waals surface area (Å²) in [5, 5.41) is 2.74. The Balaban J connectivity index is 1.55. The number of hydrogen-bond acceptors (Lipinski definition) is 5. The lowest BCUT2D eigenvalue weighted by Gasteiger charge is -2.40. The standard InChI is InChI=1S/C26H29ClN2O4S/c1-17-14-18(7-8-20(17)27)33-16-21-19-10-13-34-23(19)9-11-28(21)24(30)15-29(26(2,3)4)25(31)22-6-5-12-32-22/h5-8,10,12-14,21H,9,11,15-16H2,1-4H3/t21-/m1/s1. The smallest absolute Gasteiger partial charge is 0.290 e. The minimum atomic E-state index is -0.560. The van der Waals surface area contributed by atoms with E-state index in [0.717, 1.165) is 17.5 Å². The fraction of sp³-hybridized carbons (Fsp3) is 0.385. The number of thiophene rings is 1. The lowest BCUT2D eigenvalue weighted by Crippen LogP contribution is -2.53. The van der Waals surface area contributed by atoms with E-state index in [1.807, 2.05) is 50.8 Å². The van der Waals surface area contributed by atoms with Crippen molar-refractivity contribution in [3.63, 3.8) is 0 Å². The Morgan fingerprint density at radius 1 is 1.26 bits per heavy atom. The third-order valence-corrected chi connectivity index (χ3v) is 7.45. The molecule has 1 aromatic carbocycles. The molecule has 0 bridgehead atoms. The van der Waals surface area contributed by atoms with Gasteiger partial charge in [0.05, 0.1) is 12.3 Å². The number of ether oxygens (including phenoxy) is 1. The number of furan rings is 1. The molecule has 3 aromatic rings. The molecule has 2 amide bonds. The summed E-state index contributed by atoms with van der Waals surface area (Å²) >= 11 is 7.85. The molecule has 0 N–H and O–H groups in total. The number of carbonyl (C=O) groups excluding carboxylic acids is 2. The van der Waals surface area contributed by atoms with Gasteiger partial charge in [-0.3, -0.25) is 9.59 Å². The van der Waals surface area contributed by atoms with E-state index in [9.17, 15) is 9.59 Å². The second kappa shape index (κ2) is 9.84. The van der Waals surface area contributed by atoms with E-state index in [1.54, 1.807) is 28.4 Å². The summed E-state index contributed by atoms with van der Waals surface area (Å²) in [6.45, 7) is 8.53. The normalized spacial score (nSPS) is 15.7. The van der Waals surface area contributed by atoms with Crippen molar-refractivity contribution in [2.75, 3.05) is 19.7 Å². The van der Waals surface area contributed by atoms with Crippen LogP contribution in [0.15, 0.2) is 52.5 Å². The van der Waals surface area contributed by atoms with Crippen LogP contribution in [0.5, 0.6) is 5.75 Å². The molecule has 0 fully saturated rings. The second-order valence-electron chi connectivity index (χ2n) is 9.41. The van der Waals surface area contributed by atoms with Crippen LogP contribution in [0.2, 0.25) is 5.02 Å². The van der Waals surface area contributed by atoms with Gasteiger partial charge in [-0.15, -0.1) is 11.3 Å². The Labute approximate surface area is 209 Å². The Bertz CT molecular complexity index is 1170. The maximum absolute atomic E-state index is 13.6. The number of aryl methyl sites for hydroxylation is 1. The van der Waals surface area contributed by atoms with Crippen molar-refractivity contribution < 1.29 is 18.7 Å². The predicted octanol–water partition coefficient (Wildman–Crippen LogP) is 5.75. The van der Waals surface area contributed by atoms with Gasteiger partial charge >= 0.3 is 0 Å². The summed E-state index contributed by atoms with van der Waals surface area (Å²) < 4.78 is 11.4. The first-order valence-corrected chi connectivity index (χ1v) is 12.5. The number of carbonyl (C=O) groups is 2. The molecular weight excluding hydrogens is 472 g/mol. The third-order valence-electron chi connectivity index (χ3n) is 6.03. The highest BCUT2D eigenvalue weighted by Crippen LogP contribution is 2.34. The van der Waals surface area contributed by atoms with Gasteiger partial charge in [-0.2, -0.15) is 0 Å². The van der Waals surface area contributed by atoms with Crippen molar-refractivity contribution in [1.82, 2.24) is 9.80 Å². The quantitative estimate of drug-likeness (QED) is 0.432. The van der Waals surface area contributed by atoms with E-state index in [4.69, 9.17) is 20.8 Å². The summed E-state index contributed by atoms with van der Waals surface area (Å²) in [5.74, 6) is 0.511. The topological polar surface area (TPSA) is 63.0 Å². The number of benzene rings is 1. The molecule has 0 saturated carbocycles. The van der Waals surface area contributed by atoms with Crippen molar-refractivity contribution in [2.45, 2.75) is 45.7 Å². The van der Waals surface area contributed by atoms with Gasteiger partial charge in [-0.1, -0.05) is 11.6 Å². The number of rotatable bonds is 6. The van der Waals surface area contributed by atoms with E-state index >= 15 is 0 Å². The van der Waals surface area contributed by atoms with Crippen LogP contribution in [0.4, 0.5) is 0 Å². The molecule has 4 rings (SSSR count). The predicted molar refractivity (Wildman–Crippen MR) is 134 cm³/mol. The van der Waals surface area contributed by atoms with E-state index in [1.165, 1.54) is 11.1 Å². The Kier molecular flexibility index (Phi) is 7.05. The Morgan fingerprint density at radius 3 is 2.74 bits per heavy atom. The fourth-order valence-corrected chi connectivity index (χ4v) is 5.18. The van der Waals surface area contributed by atoms with Crippen LogP contribution in [0.1, 0.15) is 53.4 Å². The highest BCUT2D eigenvalue weighted by Gasteiger charge is 2.36. The van der Waals surface area contributed by atoms with E-state index in [2.05, 4.69) is 11.4 Å². The summed E-state index contributed by atoms with van der Waals surface area (Å²) in [6, 6.07) is 10.7. The molecule has 180 valence electrons. The average molecular weight is 501 g/mol. The fourth-order valence-electron chi connectivity index (χ4n) is 4.13. The van der Waals surface area contributed by atoms with Crippen LogP contribution in [0.25, 0.3) is 0 Å². The summed E-state index contributed by atoms with van der Waals surface area (Å²) in [5.41, 5.74) is 1.48. The van der Waals surface area contributed by atoms with Crippen molar-refractivity contribution in [1.29, 1.82) is 0 Å². The summed E-state index contributed by atoms with van der Waals surface area (Å²) in [6.07, 6.45) is 2.25. The molecule has 0 unspecified atom stereocenters. The SMILES string of the molecule is Cc1cc(OC[C@@H]2c3ccsc3CCN2C(=O)CN(C(=O)c2ccco2)C(C)(C)C)ccc1Cl. The minimum absolute atomic E-state index is 0.0426. The van der Waals surface area contributed by atoms with E-state index in [0.29, 0.717) is 23.9 Å². The Hall–Kier alpha value is -2.77. The summed E-state index contributed by atoms with van der Waals surface area (Å²) in [4.78, 5) is 31.4. The monoisotopic (exact) mass is 500 g/mol. The van der Waals surface area contributed by atoms with Crippen molar-refractivity contribution in [3.05, 3.63) is 74.8 Å². The van der Waals surface area contributed by atoms with Crippen molar-refractivity contribution in [2.24, 2.45) is 0 Å². The molecule has 1 aliphatic rings. The molecule has 34 heavy (non-hydrogen) atoms. The zero-order chi connectivity index (χ0) is 24.5. The van der Waals surface area contributed by atoms with Gasteiger partial charge in [0.15, 0.2) is 5.76 Å². The van der Waals surface area contributed by atoms with Crippen LogP contribution < -0.4 is 4.74 Å². The van der Waals surface area contributed by atoms with Gasteiger partial charge in [0.2, 0.25) is 5.91 Å². The molecule has 1 aliphatic heterocycles. The van der Waals surface area contributed by atoms with Gasteiger partial charge in [0, 0.05) is 22.0 Å². The minimum Gasteiger partial charge on any atom is -0.491 e. The maximum Gasteiger partial charge on any atom is 0.290 e. The van der Waals surface area contributed by atoms with Crippen LogP contribution in [0.3, 0.4) is 0 Å². The zero-order valence-electron chi connectivity index (χ0n) is 19.8. The van der Waals surface area contributed by atoms with Crippen LogP contribution in [-0.2, 0) is 11.2 Å². The molecular formula is C26H29ClN2O4S. The third kappa shape index (κ3) is 5.15. The van der Waals surface area contributed by atoms with Crippen molar-refractivity contribution >= 4 is 34.8 Å². The van der Waals surface area contributed by atoms with Gasteiger partial charge < -0.3 is 19.0 Å². The van der Waals surface area contributed by atoms with Crippen LogP contribution in [-0.4, -0.2) is 46.8 Å². The van der Waals surface area contributed by atoms with Gasteiger partial charge in [0.25, 0.3) is 5.91 Å². The number of hydrogen-bond donors (Lipinski definition) is 0. The largest absolute Gasteiger partial charge is 0.491 e. The Morgan fingerprint density at radius 2 is 2.06 bits per heavy atom. The molecule has 0 saturated heterocycles. The number of fused-ring (bicyclic) bond motifs is 1. The lowest BCUT2D eigenvalue weighted by molar-refractivity contribution is -0.136. The van der Waals surface area contributed by atoms with Gasteiger partial charge in [-0.25, -0.2) is 0 Å². The number of halogens is 1. The first kappa shape index (κ1) is 24.4. The highest BCUT2D eigenvalue weighted by molar-refractivity contribution is 7.10. The zero-order valence-corrected chi connectivity index (χ0v) is 21.4. The lowest BCUT2D eigenvalue weighted by atomic mass is 9.99. The molecule has 2 aromatic heterocycles. The average Bonchev–Trinajstić information content (AvgIpc) is 3.48. The molecule has 3 heterocycles. The molecule has 1 atom stereocenters. The first-order valence-electron chi connectivity index (χ1n) is 11.3. The van der Waals surface area contributed by atoms with Gasteiger partial charge in [-0.05, 0) is 87.0 Å². The summed E-state index contributed by atoms with van der Waals surface area (Å²) in [7, 11) is 0. The van der Waals surface area contributed by atoms with E-state index in [-0.39, 0.29) is 30.2 Å². The first-order chi connectivity index (χ1) is 16.1. The second-order valence-corrected chi connectivity index (χ2v) is 10.8. The van der Waals surface area contributed by atoms with Gasteiger partial charge in [0.1, 0.15) is 18.9 Å².